The fourth-order valence-corrected chi connectivity index (χ4v) is 2.11. The highest BCUT2D eigenvalue weighted by atomic mass is 16.5. The molecule has 2 unspecified atom stereocenters. The first-order chi connectivity index (χ1) is 10.6. The molecule has 6 N–H and O–H groups in total. The lowest BCUT2D eigenvalue weighted by molar-refractivity contribution is -0.147. The molecule has 0 radical (unpaired) electrons. The molecular weight excluding hydrogens is 312 g/mol. The Morgan fingerprint density at radius 1 is 1.26 bits per heavy atom. The Morgan fingerprint density at radius 2 is 1.87 bits per heavy atom. The molecule has 0 spiro atoms. The third-order valence-corrected chi connectivity index (χ3v) is 3.18. The summed E-state index contributed by atoms with van der Waals surface area (Å²) < 4.78 is 5.09. The summed E-state index contributed by atoms with van der Waals surface area (Å²) in [5, 5.41) is 43.5. The van der Waals surface area contributed by atoms with Gasteiger partial charge in [0.05, 0.1) is 6.04 Å². The Bertz CT molecular complexity index is 506. The minimum atomic E-state index is -1.67. The van der Waals surface area contributed by atoms with Crippen LogP contribution < -0.4 is 10.6 Å². The van der Waals surface area contributed by atoms with Gasteiger partial charge in [-0.1, -0.05) is 0 Å². The third kappa shape index (κ3) is 5.20. The minimum Gasteiger partial charge on any atom is -0.478 e. The van der Waals surface area contributed by atoms with E-state index in [-0.39, 0.29) is 6.54 Å². The molecule has 1 rings (SSSR count). The van der Waals surface area contributed by atoms with Crippen LogP contribution in [0.5, 0.6) is 0 Å². The molecule has 1 heterocycles. The van der Waals surface area contributed by atoms with Crippen molar-refractivity contribution in [2.45, 2.75) is 44.3 Å². The van der Waals surface area contributed by atoms with Crippen LogP contribution in [0, 0.1) is 0 Å². The van der Waals surface area contributed by atoms with Gasteiger partial charge in [-0.15, -0.1) is 0 Å². The molecule has 130 valence electrons. The van der Waals surface area contributed by atoms with E-state index in [1.54, 1.807) is 0 Å². The van der Waals surface area contributed by atoms with E-state index in [1.807, 2.05) is 0 Å². The number of nitrogens with one attached hydrogen (secondary N) is 2. The number of amides is 2. The maximum atomic E-state index is 11.2. The smallest absolute Gasteiger partial charge is 0.370 e. The number of carbonyl (C=O) groups excluding carboxylic acids is 2. The second kappa shape index (κ2) is 7.90. The van der Waals surface area contributed by atoms with E-state index < -0.39 is 54.0 Å². The maximum Gasteiger partial charge on any atom is 0.370 e. The Kier molecular flexibility index (Phi) is 6.49. The van der Waals surface area contributed by atoms with Crippen molar-refractivity contribution in [1.29, 1.82) is 0 Å². The molecule has 2 amide bonds. The molecule has 0 bridgehead atoms. The molecule has 0 saturated carbocycles. The first-order valence-corrected chi connectivity index (χ1v) is 6.81. The zero-order chi connectivity index (χ0) is 17.7. The highest BCUT2D eigenvalue weighted by Crippen LogP contribution is 2.22. The first kappa shape index (κ1) is 18.9. The summed E-state index contributed by atoms with van der Waals surface area (Å²) in [6.07, 6.45) is -5.15. The molecular formula is C13H20N2O8. The summed E-state index contributed by atoms with van der Waals surface area (Å²) in [7, 11) is 0. The van der Waals surface area contributed by atoms with Gasteiger partial charge in [-0.25, -0.2) is 4.79 Å². The van der Waals surface area contributed by atoms with Crippen LogP contribution in [0.2, 0.25) is 0 Å². The summed E-state index contributed by atoms with van der Waals surface area (Å²) in [6.45, 7) is 2.07. The Balaban J connectivity index is 2.96. The monoisotopic (exact) mass is 332 g/mol. The van der Waals surface area contributed by atoms with Crippen LogP contribution in [0.4, 0.5) is 0 Å². The average Bonchev–Trinajstić information content (AvgIpc) is 2.45. The van der Waals surface area contributed by atoms with Gasteiger partial charge >= 0.3 is 5.97 Å². The molecule has 5 atom stereocenters. The molecule has 0 saturated heterocycles. The highest BCUT2D eigenvalue weighted by Gasteiger charge is 2.43. The maximum absolute atomic E-state index is 11.2. The van der Waals surface area contributed by atoms with Gasteiger partial charge in [0.25, 0.3) is 0 Å². The SMILES string of the molecule is CC(=O)NC[C@H](O)[C@H](O)C1OC(C(=O)O)=CC(O)[C@H]1NC(C)=O. The van der Waals surface area contributed by atoms with Crippen LogP contribution in [-0.4, -0.2) is 75.2 Å². The fraction of sp³-hybridized carbons (Fsp3) is 0.615. The van der Waals surface area contributed by atoms with Crippen molar-refractivity contribution in [2.24, 2.45) is 0 Å². The predicted molar refractivity (Wildman–Crippen MR) is 74.9 cm³/mol. The quantitative estimate of drug-likeness (QED) is 0.301. The third-order valence-electron chi connectivity index (χ3n) is 3.18. The van der Waals surface area contributed by atoms with Crippen molar-refractivity contribution in [3.05, 3.63) is 11.8 Å². The van der Waals surface area contributed by atoms with E-state index in [1.165, 1.54) is 13.8 Å². The second-order valence-electron chi connectivity index (χ2n) is 5.13. The van der Waals surface area contributed by atoms with Gasteiger partial charge in [-0.2, -0.15) is 0 Å². The molecule has 10 heteroatoms. The Morgan fingerprint density at radius 3 is 2.35 bits per heavy atom. The number of aliphatic hydroxyl groups excluding tert-OH is 3. The minimum absolute atomic E-state index is 0.314. The van der Waals surface area contributed by atoms with Gasteiger partial charge in [0.1, 0.15) is 18.3 Å². The van der Waals surface area contributed by atoms with Crippen LogP contribution in [0.15, 0.2) is 11.8 Å². The topological polar surface area (TPSA) is 165 Å². The van der Waals surface area contributed by atoms with Crippen molar-refractivity contribution < 1.29 is 39.5 Å². The molecule has 0 aromatic rings. The van der Waals surface area contributed by atoms with Gasteiger partial charge in [0, 0.05) is 20.4 Å². The Labute approximate surface area is 131 Å². The molecule has 10 nitrogen and oxygen atoms in total. The van der Waals surface area contributed by atoms with E-state index in [4.69, 9.17) is 9.84 Å². The van der Waals surface area contributed by atoms with Gasteiger partial charge in [-0.3, -0.25) is 9.59 Å². The standard InChI is InChI=1S/C13H20N2O8/c1-5(16)14-4-8(19)11(20)12-10(15-6(2)17)7(18)3-9(23-12)13(21)22/h3,7-8,10-12,18-20H,4H2,1-2H3,(H,14,16)(H,15,17)(H,21,22)/t7?,8-,10+,11-,12?/m0/s1. The number of hydrogen-bond acceptors (Lipinski definition) is 7. The van der Waals surface area contributed by atoms with Crippen LogP contribution in [-0.2, 0) is 19.1 Å². The summed E-state index contributed by atoms with van der Waals surface area (Å²) in [5.41, 5.74) is 0. The molecule has 23 heavy (non-hydrogen) atoms. The lowest BCUT2D eigenvalue weighted by Crippen LogP contribution is -2.60. The number of rotatable bonds is 6. The van der Waals surface area contributed by atoms with Crippen LogP contribution in [0.1, 0.15) is 13.8 Å². The van der Waals surface area contributed by atoms with Gasteiger partial charge in [-0.05, 0) is 6.08 Å². The lowest BCUT2D eigenvalue weighted by Gasteiger charge is -2.38. The predicted octanol–water partition coefficient (Wildman–Crippen LogP) is -2.92. The summed E-state index contributed by atoms with van der Waals surface area (Å²) in [5.74, 6) is -3.07. The first-order valence-electron chi connectivity index (χ1n) is 6.81. The molecule has 0 fully saturated rings. The molecule has 0 aromatic heterocycles. The highest BCUT2D eigenvalue weighted by molar-refractivity contribution is 5.84. The van der Waals surface area contributed by atoms with Gasteiger partial charge < -0.3 is 35.8 Å². The molecule has 1 aliphatic rings. The van der Waals surface area contributed by atoms with Crippen molar-refractivity contribution in [2.75, 3.05) is 6.54 Å². The zero-order valence-corrected chi connectivity index (χ0v) is 12.6. The number of hydrogen-bond donors (Lipinski definition) is 6. The number of carboxylic acids is 1. The van der Waals surface area contributed by atoms with E-state index in [0.29, 0.717) is 0 Å². The van der Waals surface area contributed by atoms with E-state index >= 15 is 0 Å². The summed E-state index contributed by atoms with van der Waals surface area (Å²) >= 11 is 0. The van der Waals surface area contributed by atoms with E-state index in [9.17, 15) is 29.7 Å². The summed E-state index contributed by atoms with van der Waals surface area (Å²) in [6, 6.07) is -1.17. The fourth-order valence-electron chi connectivity index (χ4n) is 2.11. The van der Waals surface area contributed by atoms with E-state index in [2.05, 4.69) is 10.6 Å². The van der Waals surface area contributed by atoms with Crippen LogP contribution in [0.3, 0.4) is 0 Å². The van der Waals surface area contributed by atoms with Crippen molar-refractivity contribution >= 4 is 17.8 Å². The number of aliphatic carboxylic acids is 1. The van der Waals surface area contributed by atoms with Crippen molar-refractivity contribution in [1.82, 2.24) is 10.6 Å². The molecule has 0 aliphatic carbocycles. The Hall–Kier alpha value is -2.17. The second-order valence-corrected chi connectivity index (χ2v) is 5.13. The average molecular weight is 332 g/mol. The normalized spacial score (nSPS) is 26.3. The molecule has 1 aliphatic heterocycles. The largest absolute Gasteiger partial charge is 0.478 e. The van der Waals surface area contributed by atoms with Crippen LogP contribution >= 0.6 is 0 Å². The van der Waals surface area contributed by atoms with Crippen molar-refractivity contribution in [3.63, 3.8) is 0 Å². The number of aliphatic hydroxyl groups is 3. The van der Waals surface area contributed by atoms with E-state index in [0.717, 1.165) is 6.08 Å². The number of ether oxygens (including phenoxy) is 1. The van der Waals surface area contributed by atoms with Crippen LogP contribution in [0.25, 0.3) is 0 Å². The lowest BCUT2D eigenvalue weighted by atomic mass is 9.93. The molecule has 0 aromatic carbocycles. The number of carbonyl (C=O) groups is 3. The van der Waals surface area contributed by atoms with Crippen molar-refractivity contribution in [3.8, 4) is 0 Å². The van der Waals surface area contributed by atoms with Gasteiger partial charge in [0.2, 0.25) is 17.6 Å². The summed E-state index contributed by atoms with van der Waals surface area (Å²) in [4.78, 5) is 33.0. The zero-order valence-electron chi connectivity index (χ0n) is 12.6. The van der Waals surface area contributed by atoms with Gasteiger partial charge in [0.15, 0.2) is 6.10 Å². The number of carboxylic acid groups (broad SMARTS) is 1.